The molecular weight excluding hydrogens is 111 g/mol. The van der Waals surface area contributed by atoms with E-state index < -0.39 is 0 Å². The van der Waals surface area contributed by atoms with E-state index in [-0.39, 0.29) is 0 Å². The van der Waals surface area contributed by atoms with Crippen LogP contribution in [0.2, 0.25) is 0 Å². The molecule has 0 N–H and O–H groups in total. The summed E-state index contributed by atoms with van der Waals surface area (Å²) >= 11 is 4.24. The third-order valence-electron chi connectivity index (χ3n) is 0.720. The molecule has 0 heterocycles. The van der Waals surface area contributed by atoms with Crippen LogP contribution in [0.4, 0.5) is 0 Å². The maximum absolute atomic E-state index is 4.24. The summed E-state index contributed by atoms with van der Waals surface area (Å²) < 4.78 is 0. The Labute approximate surface area is 46.9 Å². The van der Waals surface area contributed by atoms with Crippen LogP contribution in [0.15, 0.2) is 0 Å². The summed E-state index contributed by atoms with van der Waals surface area (Å²) in [6.07, 6.45) is 1.21. The van der Waals surface area contributed by atoms with Crippen molar-refractivity contribution in [2.24, 2.45) is 0 Å². The van der Waals surface area contributed by atoms with Crippen molar-refractivity contribution in [1.29, 1.82) is 0 Å². The smallest absolute Gasteiger partial charge is 0.0184 e. The number of thiol groups is 1. The lowest BCUT2D eigenvalue weighted by Crippen LogP contribution is -1.80. The quantitative estimate of drug-likeness (QED) is 0.420. The minimum atomic E-state index is 0.657. The molecule has 0 aromatic carbocycles. The Kier molecular flexibility index (Phi) is 4.47. The van der Waals surface area contributed by atoms with E-state index in [4.69, 9.17) is 0 Å². The Morgan fingerprint density at radius 1 is 1.83 bits per heavy atom. The van der Waals surface area contributed by atoms with Crippen molar-refractivity contribution in [3.8, 4) is 0 Å². The van der Waals surface area contributed by atoms with Crippen molar-refractivity contribution < 1.29 is 0 Å². The van der Waals surface area contributed by atoms with Crippen LogP contribution in [-0.4, -0.2) is 11.7 Å². The fourth-order valence-electron chi connectivity index (χ4n) is 0.204. The molecule has 0 aromatic heterocycles. The lowest BCUT2D eigenvalue weighted by molar-refractivity contribution is 1.06. The van der Waals surface area contributed by atoms with Crippen LogP contribution in [-0.2, 0) is 0 Å². The Morgan fingerprint density at radius 3 is 2.33 bits per heavy atom. The van der Waals surface area contributed by atoms with Gasteiger partial charge in [0.25, 0.3) is 0 Å². The molecule has 2 unspecified atom stereocenters. The first-order valence-corrected chi connectivity index (χ1v) is 4.26. The molecule has 0 bridgehead atoms. The molecule has 6 heavy (non-hydrogen) atoms. The van der Waals surface area contributed by atoms with Gasteiger partial charge in [0.1, 0.15) is 0 Å². The minimum Gasteiger partial charge on any atom is -0.172 e. The summed E-state index contributed by atoms with van der Waals surface area (Å²) in [5, 5.41) is 0. The maximum Gasteiger partial charge on any atom is 0.0184 e. The third-order valence-corrected chi connectivity index (χ3v) is 2.93. The summed E-state index contributed by atoms with van der Waals surface area (Å²) in [5.74, 6) is 0. The summed E-state index contributed by atoms with van der Waals surface area (Å²) in [7, 11) is 0.996. The highest BCUT2D eigenvalue weighted by Gasteiger charge is 1.89. The summed E-state index contributed by atoms with van der Waals surface area (Å²) in [4.78, 5) is 0.657. The third kappa shape index (κ3) is 2.99. The zero-order chi connectivity index (χ0) is 4.99. The number of hydrogen-bond acceptors (Lipinski definition) is 1. The van der Waals surface area contributed by atoms with Gasteiger partial charge in [-0.1, -0.05) is 6.92 Å². The first-order valence-electron chi connectivity index (χ1n) is 2.16. The Morgan fingerprint density at radius 2 is 2.33 bits per heavy atom. The Hall–Kier alpha value is 0.780. The van der Waals surface area contributed by atoms with E-state index in [1.165, 1.54) is 6.42 Å². The second kappa shape index (κ2) is 3.95. The number of rotatable bonds is 2. The van der Waals surface area contributed by atoms with Crippen LogP contribution in [0.5, 0.6) is 0 Å². The van der Waals surface area contributed by atoms with Gasteiger partial charge < -0.3 is 0 Å². The van der Waals surface area contributed by atoms with Gasteiger partial charge in [0.15, 0.2) is 0 Å². The van der Waals surface area contributed by atoms with Gasteiger partial charge in [-0.3, -0.25) is 0 Å². The Bertz CT molecular complexity index is 26.7. The van der Waals surface area contributed by atoms with Crippen LogP contribution in [0.3, 0.4) is 0 Å². The molecule has 0 saturated heterocycles. The molecule has 0 aliphatic carbocycles. The molecule has 2 heteroatoms. The van der Waals surface area contributed by atoms with Crippen LogP contribution in [0.25, 0.3) is 0 Å². The summed E-state index contributed by atoms with van der Waals surface area (Å²) in [5.41, 5.74) is 0. The summed E-state index contributed by atoms with van der Waals surface area (Å²) in [6, 6.07) is 0. The van der Waals surface area contributed by atoms with E-state index >= 15 is 0 Å². The van der Waals surface area contributed by atoms with Crippen LogP contribution in [0.1, 0.15) is 13.3 Å². The van der Waals surface area contributed by atoms with Crippen molar-refractivity contribution in [1.82, 2.24) is 0 Å². The van der Waals surface area contributed by atoms with Crippen molar-refractivity contribution in [2.75, 3.05) is 6.66 Å². The van der Waals surface area contributed by atoms with Gasteiger partial charge in [0, 0.05) is 4.99 Å². The largest absolute Gasteiger partial charge is 0.172 e. The standard InChI is InChI=1S/C4H11PS/c1-3-4(6)5-2/h4-6H,3H2,1-2H3. The molecule has 38 valence electrons. The molecule has 0 aliphatic heterocycles. The highest BCUT2D eigenvalue weighted by Crippen LogP contribution is 2.19. The van der Waals surface area contributed by atoms with Crippen molar-refractivity contribution >= 4 is 21.2 Å². The summed E-state index contributed by atoms with van der Waals surface area (Å²) in [6.45, 7) is 4.34. The molecule has 0 fully saturated rings. The molecule has 0 amide bonds. The maximum atomic E-state index is 4.24. The highest BCUT2D eigenvalue weighted by molar-refractivity contribution is 7.87. The van der Waals surface area contributed by atoms with Crippen molar-refractivity contribution in [3.05, 3.63) is 0 Å². The normalized spacial score (nSPS) is 16.5. The van der Waals surface area contributed by atoms with E-state index in [0.29, 0.717) is 4.99 Å². The van der Waals surface area contributed by atoms with Gasteiger partial charge in [-0.05, 0) is 13.1 Å². The lowest BCUT2D eigenvalue weighted by Gasteiger charge is -1.98. The molecular formula is C4H11PS. The monoisotopic (exact) mass is 122 g/mol. The van der Waals surface area contributed by atoms with Gasteiger partial charge in [-0.25, -0.2) is 0 Å². The predicted molar refractivity (Wildman–Crippen MR) is 37.3 cm³/mol. The SMILES string of the molecule is CCC(S)PC. The number of hydrogen-bond donors (Lipinski definition) is 1. The molecule has 0 rings (SSSR count). The molecule has 0 nitrogen and oxygen atoms in total. The topological polar surface area (TPSA) is 0 Å². The van der Waals surface area contributed by atoms with Gasteiger partial charge in [-0.2, -0.15) is 12.6 Å². The van der Waals surface area contributed by atoms with Gasteiger partial charge in [-0.15, -0.1) is 8.58 Å². The zero-order valence-electron chi connectivity index (χ0n) is 4.23. The molecule has 0 radical (unpaired) electrons. The van der Waals surface area contributed by atoms with E-state index in [1.807, 2.05) is 0 Å². The minimum absolute atomic E-state index is 0.657. The molecule has 0 aromatic rings. The highest BCUT2D eigenvalue weighted by atomic mass is 32.1. The van der Waals surface area contributed by atoms with E-state index in [9.17, 15) is 0 Å². The molecule has 0 spiro atoms. The van der Waals surface area contributed by atoms with Crippen LogP contribution < -0.4 is 0 Å². The molecule has 0 saturated carbocycles. The lowest BCUT2D eigenvalue weighted by atomic mass is 10.6. The average molecular weight is 122 g/mol. The first kappa shape index (κ1) is 6.78. The van der Waals surface area contributed by atoms with E-state index in [1.54, 1.807) is 0 Å². The fourth-order valence-corrected chi connectivity index (χ4v) is 0.612. The molecule has 0 aliphatic rings. The second-order valence-corrected chi connectivity index (χ2v) is 3.60. The Balaban J connectivity index is 2.75. The van der Waals surface area contributed by atoms with Gasteiger partial charge in [0.2, 0.25) is 0 Å². The second-order valence-electron chi connectivity index (χ2n) is 1.21. The van der Waals surface area contributed by atoms with Gasteiger partial charge >= 0.3 is 0 Å². The zero-order valence-corrected chi connectivity index (χ0v) is 6.13. The van der Waals surface area contributed by atoms with E-state index in [2.05, 4.69) is 26.2 Å². The van der Waals surface area contributed by atoms with Crippen molar-refractivity contribution in [2.45, 2.75) is 18.3 Å². The van der Waals surface area contributed by atoms with Crippen LogP contribution >= 0.6 is 21.2 Å². The predicted octanol–water partition coefficient (Wildman–Crippen LogP) is 1.96. The first-order chi connectivity index (χ1) is 2.81. The molecule has 2 atom stereocenters. The average Bonchev–Trinajstić information content (AvgIpc) is 1.65. The van der Waals surface area contributed by atoms with E-state index in [0.717, 1.165) is 8.58 Å². The fraction of sp³-hybridized carbons (Fsp3) is 1.00. The van der Waals surface area contributed by atoms with Gasteiger partial charge in [0.05, 0.1) is 0 Å². The van der Waals surface area contributed by atoms with Crippen molar-refractivity contribution in [3.63, 3.8) is 0 Å². The van der Waals surface area contributed by atoms with Crippen LogP contribution in [0, 0.1) is 0 Å².